The normalized spacial score (nSPS) is 12.1. The third kappa shape index (κ3) is 6.63. The summed E-state index contributed by atoms with van der Waals surface area (Å²) in [6.07, 6.45) is 0.994. The summed E-state index contributed by atoms with van der Waals surface area (Å²) in [7, 11) is -3.50. The molecule has 0 saturated heterocycles. The second-order valence-corrected chi connectivity index (χ2v) is 9.33. The van der Waals surface area contributed by atoms with E-state index < -0.39 is 34.5 Å². The van der Waals surface area contributed by atoms with Gasteiger partial charge in [-0.2, -0.15) is 0 Å². The average Bonchev–Trinajstić information content (AvgIpc) is 3.24. The van der Waals surface area contributed by atoms with Crippen molar-refractivity contribution in [2.24, 2.45) is 0 Å². The summed E-state index contributed by atoms with van der Waals surface area (Å²) in [4.78, 5) is 25.5. The average molecular weight is 463 g/mol. The second-order valence-electron chi connectivity index (χ2n) is 6.60. The first-order chi connectivity index (χ1) is 14.7. The van der Waals surface area contributed by atoms with E-state index in [0.29, 0.717) is 5.56 Å². The first-order valence-corrected chi connectivity index (χ1v) is 11.8. The predicted octanol–water partition coefficient (Wildman–Crippen LogP) is 3.32. The quantitative estimate of drug-likeness (QED) is 0.500. The number of hydrogen-bond acceptors (Lipinski definition) is 6. The van der Waals surface area contributed by atoms with E-state index in [4.69, 9.17) is 4.74 Å². The molecule has 1 unspecified atom stereocenters. The van der Waals surface area contributed by atoms with Gasteiger partial charge < -0.3 is 10.1 Å². The molecule has 2 N–H and O–H groups in total. The Morgan fingerprint density at radius 1 is 1.10 bits per heavy atom. The van der Waals surface area contributed by atoms with Crippen molar-refractivity contribution in [3.63, 3.8) is 0 Å². The van der Waals surface area contributed by atoms with Crippen LogP contribution in [-0.2, 0) is 19.6 Å². The van der Waals surface area contributed by atoms with E-state index in [1.54, 1.807) is 12.1 Å². The van der Waals surface area contributed by atoms with Crippen molar-refractivity contribution in [1.29, 1.82) is 0 Å². The summed E-state index contributed by atoms with van der Waals surface area (Å²) in [5.74, 6) is -1.70. The Balaban J connectivity index is 1.65. The molecule has 2 aromatic carbocycles. The van der Waals surface area contributed by atoms with Gasteiger partial charge in [0.15, 0.2) is 6.61 Å². The first-order valence-electron chi connectivity index (χ1n) is 9.04. The van der Waals surface area contributed by atoms with Crippen molar-refractivity contribution in [3.8, 4) is 0 Å². The van der Waals surface area contributed by atoms with Gasteiger partial charge in [-0.3, -0.25) is 9.52 Å². The smallest absolute Gasteiger partial charge is 0.338 e. The molecule has 3 rings (SSSR count). The highest BCUT2D eigenvalue weighted by Gasteiger charge is 2.19. The van der Waals surface area contributed by atoms with Crippen LogP contribution in [0.1, 0.15) is 26.8 Å². The Kier molecular flexibility index (Phi) is 7.03. The van der Waals surface area contributed by atoms with E-state index in [9.17, 15) is 22.4 Å². The highest BCUT2D eigenvalue weighted by atomic mass is 32.2. The molecular formula is C21H19FN2O5S2. The molecule has 1 heterocycles. The molecule has 0 saturated carbocycles. The van der Waals surface area contributed by atoms with Crippen LogP contribution < -0.4 is 10.0 Å². The molecule has 0 aliphatic carbocycles. The van der Waals surface area contributed by atoms with Crippen molar-refractivity contribution >= 4 is 38.9 Å². The minimum atomic E-state index is -3.50. The summed E-state index contributed by atoms with van der Waals surface area (Å²) >= 11 is 1.43. The number of halogens is 1. The topological polar surface area (TPSA) is 102 Å². The van der Waals surface area contributed by atoms with E-state index in [2.05, 4.69) is 10.0 Å². The molecule has 0 bridgehead atoms. The van der Waals surface area contributed by atoms with Gasteiger partial charge in [-0.05, 0) is 47.3 Å². The molecule has 0 fully saturated rings. The van der Waals surface area contributed by atoms with Crippen LogP contribution >= 0.6 is 11.3 Å². The van der Waals surface area contributed by atoms with Gasteiger partial charge >= 0.3 is 5.97 Å². The van der Waals surface area contributed by atoms with E-state index in [1.165, 1.54) is 47.7 Å². The van der Waals surface area contributed by atoms with Crippen molar-refractivity contribution < 1.29 is 27.1 Å². The molecule has 10 heteroatoms. The van der Waals surface area contributed by atoms with Crippen LogP contribution in [0.2, 0.25) is 0 Å². The van der Waals surface area contributed by atoms with Crippen LogP contribution in [0.5, 0.6) is 0 Å². The van der Waals surface area contributed by atoms with Crippen LogP contribution in [-0.4, -0.2) is 33.2 Å². The SMILES string of the molecule is CS(=O)(=O)Nc1cccc(C(=O)OCC(=O)NC(c2ccc(F)cc2)c2cccs2)c1. The highest BCUT2D eigenvalue weighted by molar-refractivity contribution is 7.92. The summed E-state index contributed by atoms with van der Waals surface area (Å²) < 4.78 is 43.3. The molecule has 0 spiro atoms. The third-order valence-corrected chi connectivity index (χ3v) is 5.62. The molecule has 0 aliphatic rings. The second kappa shape index (κ2) is 9.71. The van der Waals surface area contributed by atoms with Gasteiger partial charge in [0.25, 0.3) is 5.91 Å². The molecule has 1 amide bonds. The first kappa shape index (κ1) is 22.4. The molecule has 0 aliphatic heterocycles. The molecule has 1 atom stereocenters. The molecule has 162 valence electrons. The van der Waals surface area contributed by atoms with E-state index in [-0.39, 0.29) is 17.1 Å². The van der Waals surface area contributed by atoms with Crippen LogP contribution in [0.3, 0.4) is 0 Å². The lowest BCUT2D eigenvalue weighted by atomic mass is 10.1. The Labute approximate surface area is 182 Å². The Bertz CT molecular complexity index is 1160. The standard InChI is InChI=1S/C21H19FN2O5S2/c1-31(27,28)24-17-5-2-4-15(12-17)21(26)29-13-19(25)23-20(18-6-3-11-30-18)14-7-9-16(22)10-8-14/h2-12,20,24H,13H2,1H3,(H,23,25). The number of rotatable bonds is 8. The number of hydrogen-bond donors (Lipinski definition) is 2. The van der Waals surface area contributed by atoms with Crippen molar-refractivity contribution in [3.05, 3.63) is 87.9 Å². The van der Waals surface area contributed by atoms with Gasteiger partial charge in [-0.15, -0.1) is 11.3 Å². The predicted molar refractivity (Wildman–Crippen MR) is 116 cm³/mol. The number of amides is 1. The monoisotopic (exact) mass is 462 g/mol. The number of ether oxygens (including phenoxy) is 1. The van der Waals surface area contributed by atoms with Crippen LogP contribution in [0, 0.1) is 5.82 Å². The van der Waals surface area contributed by atoms with E-state index >= 15 is 0 Å². The molecule has 31 heavy (non-hydrogen) atoms. The lowest BCUT2D eigenvalue weighted by Crippen LogP contribution is -2.32. The Morgan fingerprint density at radius 2 is 1.84 bits per heavy atom. The molecule has 7 nitrogen and oxygen atoms in total. The van der Waals surface area contributed by atoms with Gasteiger partial charge in [-0.25, -0.2) is 17.6 Å². The van der Waals surface area contributed by atoms with E-state index in [0.717, 1.165) is 11.1 Å². The van der Waals surface area contributed by atoms with Crippen molar-refractivity contribution in [1.82, 2.24) is 5.32 Å². The van der Waals surface area contributed by atoms with Crippen LogP contribution in [0.25, 0.3) is 0 Å². The largest absolute Gasteiger partial charge is 0.452 e. The third-order valence-electron chi connectivity index (χ3n) is 4.07. The number of benzene rings is 2. The zero-order valence-electron chi connectivity index (χ0n) is 16.4. The van der Waals surface area contributed by atoms with Gasteiger partial charge in [0.1, 0.15) is 5.82 Å². The number of carbonyl (C=O) groups is 2. The number of carbonyl (C=O) groups excluding carboxylic acids is 2. The number of nitrogens with one attached hydrogen (secondary N) is 2. The number of anilines is 1. The van der Waals surface area contributed by atoms with Crippen LogP contribution in [0.15, 0.2) is 66.0 Å². The maximum Gasteiger partial charge on any atom is 0.338 e. The van der Waals surface area contributed by atoms with E-state index in [1.807, 2.05) is 17.5 Å². The lowest BCUT2D eigenvalue weighted by molar-refractivity contribution is -0.124. The van der Waals surface area contributed by atoms with Gasteiger partial charge in [0.2, 0.25) is 10.0 Å². The molecule has 1 aromatic heterocycles. The van der Waals surface area contributed by atoms with Gasteiger partial charge in [0, 0.05) is 10.6 Å². The maximum absolute atomic E-state index is 13.3. The maximum atomic E-state index is 13.3. The molecule has 0 radical (unpaired) electrons. The summed E-state index contributed by atoms with van der Waals surface area (Å²) in [6, 6.07) is 14.6. The van der Waals surface area contributed by atoms with Gasteiger partial charge in [0.05, 0.1) is 17.9 Å². The van der Waals surface area contributed by atoms with Crippen molar-refractivity contribution in [2.75, 3.05) is 17.6 Å². The van der Waals surface area contributed by atoms with Gasteiger partial charge in [-0.1, -0.05) is 24.3 Å². The summed E-state index contributed by atoms with van der Waals surface area (Å²) in [5.41, 5.74) is 0.980. The lowest BCUT2D eigenvalue weighted by Gasteiger charge is -2.18. The highest BCUT2D eigenvalue weighted by Crippen LogP contribution is 2.26. The zero-order chi connectivity index (χ0) is 22.4. The zero-order valence-corrected chi connectivity index (χ0v) is 18.0. The minimum Gasteiger partial charge on any atom is -0.452 e. The Morgan fingerprint density at radius 3 is 2.48 bits per heavy atom. The number of thiophene rings is 1. The number of esters is 1. The fourth-order valence-corrected chi connectivity index (χ4v) is 4.13. The summed E-state index contributed by atoms with van der Waals surface area (Å²) in [6.45, 7) is -0.536. The minimum absolute atomic E-state index is 0.0924. The van der Waals surface area contributed by atoms with Crippen molar-refractivity contribution in [2.45, 2.75) is 6.04 Å². The Hall–Kier alpha value is -3.24. The fraction of sp³-hybridized carbons (Fsp3) is 0.143. The van der Waals surface area contributed by atoms with Crippen LogP contribution in [0.4, 0.5) is 10.1 Å². The molecular weight excluding hydrogens is 443 g/mol. The fourth-order valence-electron chi connectivity index (χ4n) is 2.77. The molecule has 3 aromatic rings. The number of sulfonamides is 1. The summed E-state index contributed by atoms with van der Waals surface area (Å²) in [5, 5.41) is 4.64.